The number of fused-ring (bicyclic) bond motifs is 9. The quantitative estimate of drug-likeness (QED) is 0.175. The van der Waals surface area contributed by atoms with Crippen LogP contribution >= 0.6 is 11.3 Å². The summed E-state index contributed by atoms with van der Waals surface area (Å²) >= 11 is 1.82. The van der Waals surface area contributed by atoms with Crippen LogP contribution in [0.1, 0.15) is 0 Å². The Labute approximate surface area is 330 Å². The fourth-order valence-electron chi connectivity index (χ4n) is 8.23. The third kappa shape index (κ3) is 5.19. The molecular formula is C51H29N3O2S. The minimum Gasteiger partial charge on any atom is -0.456 e. The van der Waals surface area contributed by atoms with E-state index in [2.05, 4.69) is 133 Å². The van der Waals surface area contributed by atoms with Gasteiger partial charge in [0.1, 0.15) is 22.3 Å². The van der Waals surface area contributed by atoms with Crippen molar-refractivity contribution in [3.8, 4) is 56.4 Å². The van der Waals surface area contributed by atoms with Crippen LogP contribution in [0.25, 0.3) is 120 Å². The normalized spacial score (nSPS) is 11.9. The van der Waals surface area contributed by atoms with Crippen molar-refractivity contribution >= 4 is 75.4 Å². The van der Waals surface area contributed by atoms with Crippen molar-refractivity contribution in [1.29, 1.82) is 0 Å². The molecule has 5 nitrogen and oxygen atoms in total. The summed E-state index contributed by atoms with van der Waals surface area (Å²) < 4.78 is 15.6. The Hall–Kier alpha value is -7.41. The van der Waals surface area contributed by atoms with Gasteiger partial charge >= 0.3 is 0 Å². The monoisotopic (exact) mass is 747 g/mol. The molecule has 0 unspecified atom stereocenters. The Morgan fingerprint density at radius 2 is 0.930 bits per heavy atom. The first-order valence-corrected chi connectivity index (χ1v) is 19.7. The Morgan fingerprint density at radius 1 is 0.333 bits per heavy atom. The van der Waals surface area contributed by atoms with Crippen LogP contribution in [0.3, 0.4) is 0 Å². The highest BCUT2D eigenvalue weighted by Crippen LogP contribution is 2.44. The van der Waals surface area contributed by atoms with E-state index in [1.54, 1.807) is 0 Å². The van der Waals surface area contributed by atoms with Crippen molar-refractivity contribution in [3.05, 3.63) is 176 Å². The van der Waals surface area contributed by atoms with Crippen molar-refractivity contribution in [2.75, 3.05) is 0 Å². The maximum absolute atomic E-state index is 6.78. The summed E-state index contributed by atoms with van der Waals surface area (Å²) in [5.41, 5.74) is 10.1. The molecule has 0 aliphatic rings. The average molecular weight is 748 g/mol. The molecule has 0 aliphatic heterocycles. The number of furan rings is 2. The van der Waals surface area contributed by atoms with Gasteiger partial charge in [-0.2, -0.15) is 0 Å². The predicted octanol–water partition coefficient (Wildman–Crippen LogP) is 14.4. The standard InChI is InChI=1S/C51H29N3O2S/c1-2-11-30(12-3-1)31-13-10-14-33(27-31)49-52-50(34-22-23-37-36-15-4-7-18-42(36)55-44(37)28-34)54-51(53-49)41-26-25-35(47-40-17-5-8-19-43(40)56-48(41)47)32-21-24-39-38-16-6-9-20-45(38)57-46(39)29-32/h1-29H. The summed E-state index contributed by atoms with van der Waals surface area (Å²) in [6, 6.07) is 61.0. The van der Waals surface area contributed by atoms with Crippen LogP contribution in [0.15, 0.2) is 185 Å². The summed E-state index contributed by atoms with van der Waals surface area (Å²) in [6.45, 7) is 0. The van der Waals surface area contributed by atoms with Crippen LogP contribution in [-0.2, 0) is 0 Å². The van der Waals surface area contributed by atoms with Crippen molar-refractivity contribution in [2.24, 2.45) is 0 Å². The van der Waals surface area contributed by atoms with Gasteiger partial charge in [0.2, 0.25) is 0 Å². The van der Waals surface area contributed by atoms with Crippen LogP contribution in [-0.4, -0.2) is 15.0 Å². The molecule has 4 heterocycles. The zero-order valence-electron chi connectivity index (χ0n) is 30.3. The first-order chi connectivity index (χ1) is 28.2. The molecular weight excluding hydrogens is 719 g/mol. The van der Waals surface area contributed by atoms with Gasteiger partial charge in [0.25, 0.3) is 0 Å². The second kappa shape index (κ2) is 12.6. The second-order valence-electron chi connectivity index (χ2n) is 14.3. The molecule has 57 heavy (non-hydrogen) atoms. The summed E-state index contributed by atoms with van der Waals surface area (Å²) in [5, 5.41) is 6.75. The first-order valence-electron chi connectivity index (χ1n) is 18.9. The molecule has 12 aromatic rings. The lowest BCUT2D eigenvalue weighted by atomic mass is 9.96. The molecule has 0 N–H and O–H groups in total. The molecule has 0 saturated carbocycles. The van der Waals surface area contributed by atoms with Crippen LogP contribution < -0.4 is 0 Å². The van der Waals surface area contributed by atoms with Crippen LogP contribution in [0.2, 0.25) is 0 Å². The summed E-state index contributed by atoms with van der Waals surface area (Å²) in [7, 11) is 0. The van der Waals surface area contributed by atoms with Gasteiger partial charge in [-0.1, -0.05) is 127 Å². The molecule has 4 aromatic heterocycles. The van der Waals surface area contributed by atoms with E-state index in [1.807, 2.05) is 53.8 Å². The molecule has 266 valence electrons. The highest BCUT2D eigenvalue weighted by atomic mass is 32.1. The number of thiophene rings is 1. The van der Waals surface area contributed by atoms with Crippen LogP contribution in [0.4, 0.5) is 0 Å². The van der Waals surface area contributed by atoms with Gasteiger partial charge in [0.05, 0.1) is 5.56 Å². The highest BCUT2D eigenvalue weighted by Gasteiger charge is 2.22. The molecule has 0 radical (unpaired) electrons. The molecule has 0 amide bonds. The number of nitrogens with zero attached hydrogens (tertiary/aromatic N) is 3. The number of hydrogen-bond donors (Lipinski definition) is 0. The lowest BCUT2D eigenvalue weighted by Gasteiger charge is -2.11. The van der Waals surface area contributed by atoms with E-state index in [9.17, 15) is 0 Å². The third-order valence-corrected chi connectivity index (χ3v) is 12.1. The molecule has 0 saturated heterocycles. The Balaban J connectivity index is 1.08. The number of hydrogen-bond acceptors (Lipinski definition) is 6. The van der Waals surface area contributed by atoms with E-state index in [1.165, 1.54) is 20.2 Å². The van der Waals surface area contributed by atoms with E-state index < -0.39 is 0 Å². The molecule has 0 aliphatic carbocycles. The van der Waals surface area contributed by atoms with Gasteiger partial charge in [0, 0.05) is 52.8 Å². The average Bonchev–Trinajstić information content (AvgIpc) is 3.97. The Morgan fingerprint density at radius 3 is 1.79 bits per heavy atom. The van der Waals surface area contributed by atoms with Gasteiger partial charge in [-0.3, -0.25) is 0 Å². The Bertz CT molecular complexity index is 3540. The van der Waals surface area contributed by atoms with Crippen molar-refractivity contribution in [2.45, 2.75) is 0 Å². The fourth-order valence-corrected chi connectivity index (χ4v) is 9.37. The zero-order chi connectivity index (χ0) is 37.5. The molecule has 0 spiro atoms. The number of benzene rings is 8. The third-order valence-electron chi connectivity index (χ3n) is 11.0. The van der Waals surface area contributed by atoms with E-state index in [0.717, 1.165) is 82.8 Å². The second-order valence-corrected chi connectivity index (χ2v) is 15.4. The largest absolute Gasteiger partial charge is 0.456 e. The van der Waals surface area contributed by atoms with E-state index in [-0.39, 0.29) is 0 Å². The lowest BCUT2D eigenvalue weighted by molar-refractivity contribution is 0.668. The van der Waals surface area contributed by atoms with Gasteiger partial charge in [-0.05, 0) is 70.8 Å². The maximum Gasteiger partial charge on any atom is 0.167 e. The summed E-state index contributed by atoms with van der Waals surface area (Å²) in [5.74, 6) is 1.65. The van der Waals surface area contributed by atoms with Crippen LogP contribution in [0.5, 0.6) is 0 Å². The number of para-hydroxylation sites is 2. The van der Waals surface area contributed by atoms with Crippen LogP contribution in [0, 0.1) is 0 Å². The minimum atomic E-state index is 0.528. The topological polar surface area (TPSA) is 65.0 Å². The summed E-state index contributed by atoms with van der Waals surface area (Å²) in [4.78, 5) is 15.6. The SMILES string of the molecule is c1ccc(-c2cccc(-c3nc(-c4ccc5c(c4)oc4ccccc45)nc(-c4ccc(-c5ccc6c(c5)sc5ccccc56)c5c4oc4ccccc45)n3)c2)cc1. The number of aromatic nitrogens is 3. The molecule has 0 fully saturated rings. The maximum atomic E-state index is 6.78. The molecule has 0 bridgehead atoms. The molecule has 6 heteroatoms. The van der Waals surface area contributed by atoms with Gasteiger partial charge in [0.15, 0.2) is 17.5 Å². The van der Waals surface area contributed by atoms with Gasteiger partial charge in [-0.15, -0.1) is 11.3 Å². The van der Waals surface area contributed by atoms with E-state index in [4.69, 9.17) is 23.8 Å². The summed E-state index contributed by atoms with van der Waals surface area (Å²) in [6.07, 6.45) is 0. The minimum absolute atomic E-state index is 0.528. The number of rotatable bonds is 5. The highest BCUT2D eigenvalue weighted by molar-refractivity contribution is 7.25. The van der Waals surface area contributed by atoms with Crippen molar-refractivity contribution < 1.29 is 8.83 Å². The van der Waals surface area contributed by atoms with E-state index in [0.29, 0.717) is 17.5 Å². The van der Waals surface area contributed by atoms with Gasteiger partial charge in [-0.25, -0.2) is 15.0 Å². The molecule has 0 atom stereocenters. The Kier molecular flexibility index (Phi) is 7.03. The molecule has 12 rings (SSSR count). The molecule has 8 aromatic carbocycles. The lowest BCUT2D eigenvalue weighted by Crippen LogP contribution is -2.00. The smallest absolute Gasteiger partial charge is 0.167 e. The van der Waals surface area contributed by atoms with Gasteiger partial charge < -0.3 is 8.83 Å². The van der Waals surface area contributed by atoms with E-state index >= 15 is 0 Å². The predicted molar refractivity (Wildman–Crippen MR) is 234 cm³/mol. The first kappa shape index (κ1) is 31.9. The van der Waals surface area contributed by atoms with Crippen molar-refractivity contribution in [1.82, 2.24) is 15.0 Å². The fraction of sp³-hybridized carbons (Fsp3) is 0. The van der Waals surface area contributed by atoms with Crippen molar-refractivity contribution in [3.63, 3.8) is 0 Å². The zero-order valence-corrected chi connectivity index (χ0v) is 31.1.